The molecule has 2 N–H and O–H groups in total. The van der Waals surface area contributed by atoms with Crippen LogP contribution in [-0.4, -0.2) is 35.1 Å². The number of anilines is 1. The lowest BCUT2D eigenvalue weighted by molar-refractivity contribution is 0.0943. The number of carbonyl (C=O) groups excluding carboxylic acids is 1. The van der Waals surface area contributed by atoms with Crippen molar-refractivity contribution in [2.45, 2.75) is 6.54 Å². The Balaban J connectivity index is 1.94. The van der Waals surface area contributed by atoms with E-state index in [4.69, 9.17) is 23.2 Å². The van der Waals surface area contributed by atoms with Gasteiger partial charge in [-0.2, -0.15) is 0 Å². The van der Waals surface area contributed by atoms with Gasteiger partial charge in [0.15, 0.2) is 11.4 Å². The van der Waals surface area contributed by atoms with Gasteiger partial charge in [-0.1, -0.05) is 23.2 Å². The summed E-state index contributed by atoms with van der Waals surface area (Å²) in [5.74, 6) is -0.232. The summed E-state index contributed by atoms with van der Waals surface area (Å²) in [4.78, 5) is 22.8. The second-order valence-electron chi connectivity index (χ2n) is 5.89. The van der Waals surface area contributed by atoms with Crippen LogP contribution in [0.25, 0.3) is 10.9 Å². The van der Waals surface area contributed by atoms with E-state index >= 15 is 0 Å². The van der Waals surface area contributed by atoms with Crippen LogP contribution in [0.4, 0.5) is 5.82 Å². The Morgan fingerprint density at radius 2 is 1.92 bits per heavy atom. The van der Waals surface area contributed by atoms with Crippen molar-refractivity contribution in [1.29, 1.82) is 0 Å². The van der Waals surface area contributed by atoms with E-state index in [-0.39, 0.29) is 18.0 Å². The number of benzene rings is 1. The van der Waals surface area contributed by atoms with Crippen LogP contribution in [0, 0.1) is 0 Å². The lowest BCUT2D eigenvalue weighted by Crippen LogP contribution is -2.25. The highest BCUT2D eigenvalue weighted by Gasteiger charge is 2.20. The molecule has 1 aromatic carbocycles. The first-order valence-corrected chi connectivity index (χ1v) is 8.50. The van der Waals surface area contributed by atoms with E-state index < -0.39 is 5.91 Å². The highest BCUT2D eigenvalue weighted by Crippen LogP contribution is 2.31. The minimum absolute atomic E-state index is 0.0898. The Morgan fingerprint density at radius 3 is 2.58 bits per heavy atom. The molecule has 0 aliphatic heterocycles. The number of amides is 1. The number of fused-ring (bicyclic) bond motifs is 1. The molecule has 2 aromatic heterocycles. The molecule has 134 valence electrons. The minimum atomic E-state index is -0.519. The molecule has 0 atom stereocenters. The molecule has 1 amide bonds. The fraction of sp³-hybridized carbons (Fsp3) is 0.167. The molecule has 0 saturated carbocycles. The maximum absolute atomic E-state index is 12.6. The molecule has 0 aliphatic rings. The summed E-state index contributed by atoms with van der Waals surface area (Å²) in [6, 6.07) is 8.56. The molecular weight excluding hydrogens is 375 g/mol. The quantitative estimate of drug-likeness (QED) is 0.710. The molecule has 0 bridgehead atoms. The van der Waals surface area contributed by atoms with Gasteiger partial charge in [-0.05, 0) is 35.9 Å². The number of hydrogen-bond donors (Lipinski definition) is 2. The van der Waals surface area contributed by atoms with Crippen LogP contribution in [0.1, 0.15) is 16.1 Å². The van der Waals surface area contributed by atoms with Crippen molar-refractivity contribution in [3.63, 3.8) is 0 Å². The van der Waals surface area contributed by atoms with Gasteiger partial charge in [0.25, 0.3) is 5.91 Å². The van der Waals surface area contributed by atoms with Gasteiger partial charge in [-0.25, -0.2) is 4.98 Å². The van der Waals surface area contributed by atoms with Gasteiger partial charge in [0.05, 0.1) is 0 Å². The smallest absolute Gasteiger partial charge is 0.274 e. The van der Waals surface area contributed by atoms with Crippen LogP contribution in [0.15, 0.2) is 36.5 Å². The van der Waals surface area contributed by atoms with Gasteiger partial charge in [-0.15, -0.1) is 0 Å². The van der Waals surface area contributed by atoms with Gasteiger partial charge in [0, 0.05) is 42.3 Å². The number of nitrogens with zero attached hydrogens (tertiary/aromatic N) is 3. The fourth-order valence-electron chi connectivity index (χ4n) is 2.58. The zero-order valence-corrected chi connectivity index (χ0v) is 15.6. The largest absolute Gasteiger partial charge is 0.504 e. The van der Waals surface area contributed by atoms with E-state index in [0.717, 1.165) is 5.56 Å². The summed E-state index contributed by atoms with van der Waals surface area (Å²) in [5, 5.41) is 14.8. The lowest BCUT2D eigenvalue weighted by atomic mass is 10.1. The number of aromatic hydroxyl groups is 1. The van der Waals surface area contributed by atoms with E-state index in [0.29, 0.717) is 26.8 Å². The number of halogens is 2. The van der Waals surface area contributed by atoms with Crippen molar-refractivity contribution in [1.82, 2.24) is 15.3 Å². The highest BCUT2D eigenvalue weighted by molar-refractivity contribution is 6.34. The van der Waals surface area contributed by atoms with Gasteiger partial charge >= 0.3 is 0 Å². The van der Waals surface area contributed by atoms with Gasteiger partial charge < -0.3 is 15.3 Å². The van der Waals surface area contributed by atoms with Crippen LogP contribution < -0.4 is 10.2 Å². The molecule has 0 spiro atoms. The molecule has 0 unspecified atom stereocenters. The third-order valence-electron chi connectivity index (χ3n) is 3.73. The summed E-state index contributed by atoms with van der Waals surface area (Å²) in [7, 11) is 3.61. The Hall–Kier alpha value is -2.57. The monoisotopic (exact) mass is 390 g/mol. The molecule has 0 aliphatic carbocycles. The Bertz CT molecular complexity index is 972. The predicted octanol–water partition coefficient (Wildman–Crippen LogP) is 3.64. The maximum atomic E-state index is 12.6. The molecule has 8 heteroatoms. The molecule has 2 heterocycles. The number of hydrogen-bond acceptors (Lipinski definition) is 5. The average Bonchev–Trinajstić information content (AvgIpc) is 2.59. The zero-order chi connectivity index (χ0) is 18.8. The summed E-state index contributed by atoms with van der Waals surface area (Å²) in [6.07, 6.45) is 1.55. The van der Waals surface area contributed by atoms with E-state index in [9.17, 15) is 9.90 Å². The lowest BCUT2D eigenvalue weighted by Gasteiger charge is -2.16. The minimum Gasteiger partial charge on any atom is -0.504 e. The number of aromatic nitrogens is 2. The van der Waals surface area contributed by atoms with Crippen molar-refractivity contribution in [2.24, 2.45) is 0 Å². The van der Waals surface area contributed by atoms with Crippen molar-refractivity contribution < 1.29 is 9.90 Å². The standard InChI is InChI=1S/C18H16Cl2N4O2/c1-24(2)17-13-4-3-5-21-14(13)16(25)15(23-17)18(26)22-9-10-6-11(19)8-12(20)7-10/h3-8,25H,9H2,1-2H3,(H,22,26). The summed E-state index contributed by atoms with van der Waals surface area (Å²) >= 11 is 11.9. The van der Waals surface area contributed by atoms with Crippen LogP contribution in [-0.2, 0) is 6.54 Å². The van der Waals surface area contributed by atoms with Crippen LogP contribution in [0.3, 0.4) is 0 Å². The van der Waals surface area contributed by atoms with Crippen LogP contribution >= 0.6 is 23.2 Å². The predicted molar refractivity (Wildman–Crippen MR) is 103 cm³/mol. The molecule has 6 nitrogen and oxygen atoms in total. The van der Waals surface area contributed by atoms with E-state index in [1.54, 1.807) is 41.4 Å². The van der Waals surface area contributed by atoms with Crippen LogP contribution in [0.5, 0.6) is 5.75 Å². The average molecular weight is 391 g/mol. The molecular formula is C18H16Cl2N4O2. The third-order valence-corrected chi connectivity index (χ3v) is 4.17. The fourth-order valence-corrected chi connectivity index (χ4v) is 3.16. The Labute approximate surface area is 160 Å². The number of rotatable bonds is 4. The molecule has 26 heavy (non-hydrogen) atoms. The normalized spacial score (nSPS) is 10.8. The highest BCUT2D eigenvalue weighted by atomic mass is 35.5. The topological polar surface area (TPSA) is 78.4 Å². The first kappa shape index (κ1) is 18.2. The first-order valence-electron chi connectivity index (χ1n) is 7.75. The van der Waals surface area contributed by atoms with Gasteiger partial charge in [-0.3, -0.25) is 9.78 Å². The van der Waals surface area contributed by atoms with E-state index in [1.165, 1.54) is 0 Å². The van der Waals surface area contributed by atoms with Gasteiger partial charge in [0.1, 0.15) is 11.3 Å². The summed E-state index contributed by atoms with van der Waals surface area (Å²) in [5.41, 5.74) is 0.970. The maximum Gasteiger partial charge on any atom is 0.274 e. The molecule has 0 saturated heterocycles. The van der Waals surface area contributed by atoms with Crippen molar-refractivity contribution >= 4 is 45.8 Å². The number of nitrogens with one attached hydrogen (secondary N) is 1. The summed E-state index contributed by atoms with van der Waals surface area (Å²) in [6.45, 7) is 0.192. The Kier molecular flexibility index (Phi) is 5.15. The second-order valence-corrected chi connectivity index (χ2v) is 6.76. The number of pyridine rings is 2. The van der Waals surface area contributed by atoms with Crippen molar-refractivity contribution in [3.05, 3.63) is 57.8 Å². The molecule has 0 fully saturated rings. The van der Waals surface area contributed by atoms with Crippen molar-refractivity contribution in [2.75, 3.05) is 19.0 Å². The third kappa shape index (κ3) is 3.66. The molecule has 3 rings (SSSR count). The van der Waals surface area contributed by atoms with Crippen LogP contribution in [0.2, 0.25) is 10.0 Å². The number of carbonyl (C=O) groups is 1. The second kappa shape index (κ2) is 7.35. The van der Waals surface area contributed by atoms with E-state index in [1.807, 2.05) is 14.1 Å². The SMILES string of the molecule is CN(C)c1nc(C(=O)NCc2cc(Cl)cc(Cl)c2)c(O)c2ncccc12. The molecule has 0 radical (unpaired) electrons. The zero-order valence-electron chi connectivity index (χ0n) is 14.1. The van der Waals surface area contributed by atoms with E-state index in [2.05, 4.69) is 15.3 Å². The molecule has 3 aromatic rings. The first-order chi connectivity index (χ1) is 12.4. The van der Waals surface area contributed by atoms with Crippen molar-refractivity contribution in [3.8, 4) is 5.75 Å². The van der Waals surface area contributed by atoms with Gasteiger partial charge in [0.2, 0.25) is 0 Å². The Morgan fingerprint density at radius 1 is 1.23 bits per heavy atom. The summed E-state index contributed by atoms with van der Waals surface area (Å²) < 4.78 is 0.